The molecular formula is C20H23NO2S. The monoisotopic (exact) mass is 341 g/mol. The van der Waals surface area contributed by atoms with Crippen molar-refractivity contribution in [3.05, 3.63) is 65.7 Å². The van der Waals surface area contributed by atoms with E-state index in [0.717, 1.165) is 37.2 Å². The van der Waals surface area contributed by atoms with E-state index in [4.69, 9.17) is 0 Å². The van der Waals surface area contributed by atoms with Crippen LogP contribution in [0.15, 0.2) is 59.5 Å². The van der Waals surface area contributed by atoms with E-state index in [1.54, 1.807) is 11.8 Å². The molecule has 1 amide bonds. The molecular weight excluding hydrogens is 318 g/mol. The Balaban J connectivity index is 1.55. The summed E-state index contributed by atoms with van der Waals surface area (Å²) in [6.07, 6.45) is 1.79. The smallest absolute Gasteiger partial charge is 0.253 e. The molecule has 126 valence electrons. The third kappa shape index (κ3) is 4.40. The number of rotatable bonds is 5. The van der Waals surface area contributed by atoms with Crippen molar-refractivity contribution in [3.63, 3.8) is 0 Å². The fourth-order valence-corrected chi connectivity index (χ4v) is 3.80. The number of benzene rings is 2. The van der Waals surface area contributed by atoms with E-state index >= 15 is 0 Å². The lowest BCUT2D eigenvalue weighted by molar-refractivity contribution is 0.0651. The van der Waals surface area contributed by atoms with Crippen molar-refractivity contribution in [1.82, 2.24) is 4.90 Å². The summed E-state index contributed by atoms with van der Waals surface area (Å²) in [4.78, 5) is 15.7. The number of likely N-dealkylation sites (tertiary alicyclic amines) is 1. The highest BCUT2D eigenvalue weighted by molar-refractivity contribution is 7.98. The molecule has 1 saturated heterocycles. The van der Waals surface area contributed by atoms with Gasteiger partial charge in [-0.05, 0) is 48.6 Å². The van der Waals surface area contributed by atoms with Crippen LogP contribution in [0.5, 0.6) is 0 Å². The van der Waals surface area contributed by atoms with Crippen LogP contribution in [0.3, 0.4) is 0 Å². The molecule has 0 radical (unpaired) electrons. The summed E-state index contributed by atoms with van der Waals surface area (Å²) < 4.78 is 0. The van der Waals surface area contributed by atoms with E-state index in [1.807, 2.05) is 47.4 Å². The number of hydrogen-bond acceptors (Lipinski definition) is 3. The molecule has 0 aromatic heterocycles. The van der Waals surface area contributed by atoms with Gasteiger partial charge in [0.25, 0.3) is 5.91 Å². The van der Waals surface area contributed by atoms with Crippen LogP contribution in [0.25, 0.3) is 0 Å². The van der Waals surface area contributed by atoms with Gasteiger partial charge in [0.05, 0.1) is 0 Å². The Morgan fingerprint density at radius 2 is 1.71 bits per heavy atom. The minimum absolute atomic E-state index is 0.105. The fourth-order valence-electron chi connectivity index (χ4n) is 2.93. The van der Waals surface area contributed by atoms with Gasteiger partial charge in [-0.2, -0.15) is 0 Å². The fraction of sp³-hybridized carbons (Fsp3) is 0.350. The lowest BCUT2D eigenvalue weighted by Crippen LogP contribution is -2.39. The van der Waals surface area contributed by atoms with Crippen molar-refractivity contribution < 1.29 is 9.90 Å². The first-order valence-electron chi connectivity index (χ1n) is 8.43. The summed E-state index contributed by atoms with van der Waals surface area (Å²) in [5.74, 6) is 1.36. The average molecular weight is 341 g/mol. The van der Waals surface area contributed by atoms with Crippen LogP contribution in [0.1, 0.15) is 28.8 Å². The Bertz CT molecular complexity index is 649. The van der Waals surface area contributed by atoms with Crippen LogP contribution < -0.4 is 0 Å². The number of aliphatic hydroxyl groups excluding tert-OH is 1. The number of nitrogens with zero attached hydrogens (tertiary/aromatic N) is 1. The van der Waals surface area contributed by atoms with Crippen LogP contribution in [-0.2, 0) is 5.75 Å². The van der Waals surface area contributed by atoms with E-state index in [1.165, 1.54) is 10.5 Å². The Hall–Kier alpha value is -1.78. The van der Waals surface area contributed by atoms with Gasteiger partial charge in [-0.3, -0.25) is 4.79 Å². The number of amides is 1. The molecule has 2 aromatic carbocycles. The van der Waals surface area contributed by atoms with Gasteiger partial charge < -0.3 is 10.0 Å². The van der Waals surface area contributed by atoms with Gasteiger partial charge in [-0.15, -0.1) is 11.8 Å². The summed E-state index contributed by atoms with van der Waals surface area (Å²) in [7, 11) is 0. The number of aliphatic hydroxyl groups is 1. The number of thioether (sulfide) groups is 1. The number of hydrogen-bond donors (Lipinski definition) is 1. The molecule has 1 aliphatic rings. The highest BCUT2D eigenvalue weighted by Crippen LogP contribution is 2.23. The summed E-state index contributed by atoms with van der Waals surface area (Å²) in [6, 6.07) is 18.3. The number of piperidine rings is 1. The van der Waals surface area contributed by atoms with Crippen LogP contribution in [0.4, 0.5) is 0 Å². The highest BCUT2D eigenvalue weighted by atomic mass is 32.2. The minimum Gasteiger partial charge on any atom is -0.396 e. The Morgan fingerprint density at radius 3 is 2.33 bits per heavy atom. The van der Waals surface area contributed by atoms with Crippen LogP contribution in [-0.4, -0.2) is 35.6 Å². The molecule has 2 aromatic rings. The molecule has 0 atom stereocenters. The quantitative estimate of drug-likeness (QED) is 0.841. The number of carbonyl (C=O) groups is 1. The Kier molecular flexibility index (Phi) is 5.94. The van der Waals surface area contributed by atoms with E-state index < -0.39 is 0 Å². The van der Waals surface area contributed by atoms with Crippen LogP contribution >= 0.6 is 11.8 Å². The first-order chi connectivity index (χ1) is 11.8. The molecule has 0 bridgehead atoms. The van der Waals surface area contributed by atoms with E-state index in [-0.39, 0.29) is 12.5 Å². The van der Waals surface area contributed by atoms with Gasteiger partial charge in [-0.1, -0.05) is 30.3 Å². The lowest BCUT2D eigenvalue weighted by atomic mass is 9.97. The molecule has 4 heteroatoms. The molecule has 0 spiro atoms. The van der Waals surface area contributed by atoms with Gasteiger partial charge in [0.15, 0.2) is 0 Å². The summed E-state index contributed by atoms with van der Waals surface area (Å²) >= 11 is 1.80. The zero-order chi connectivity index (χ0) is 16.8. The second-order valence-corrected chi connectivity index (χ2v) is 7.27. The maximum atomic E-state index is 12.5. The predicted molar refractivity (Wildman–Crippen MR) is 98.2 cm³/mol. The van der Waals surface area contributed by atoms with Gasteiger partial charge in [-0.25, -0.2) is 0 Å². The van der Waals surface area contributed by atoms with Crippen LogP contribution in [0.2, 0.25) is 0 Å². The normalized spacial score (nSPS) is 15.5. The van der Waals surface area contributed by atoms with Gasteiger partial charge >= 0.3 is 0 Å². The van der Waals surface area contributed by atoms with Gasteiger partial charge in [0.1, 0.15) is 0 Å². The second kappa shape index (κ2) is 8.36. The van der Waals surface area contributed by atoms with E-state index in [2.05, 4.69) is 12.1 Å². The molecule has 1 aliphatic heterocycles. The van der Waals surface area contributed by atoms with Crippen molar-refractivity contribution in [2.45, 2.75) is 23.5 Å². The molecule has 3 rings (SSSR count). The SMILES string of the molecule is O=C(c1ccc(CSc2ccccc2)cc1)N1CCC(CO)CC1. The first-order valence-corrected chi connectivity index (χ1v) is 9.42. The highest BCUT2D eigenvalue weighted by Gasteiger charge is 2.22. The Morgan fingerprint density at radius 1 is 1.04 bits per heavy atom. The second-order valence-electron chi connectivity index (χ2n) is 6.22. The molecule has 24 heavy (non-hydrogen) atoms. The summed E-state index contributed by atoms with van der Waals surface area (Å²) in [5.41, 5.74) is 1.98. The molecule has 0 aliphatic carbocycles. The average Bonchev–Trinajstić information content (AvgIpc) is 2.67. The largest absolute Gasteiger partial charge is 0.396 e. The van der Waals surface area contributed by atoms with Crippen LogP contribution in [0, 0.1) is 5.92 Å². The zero-order valence-electron chi connectivity index (χ0n) is 13.7. The van der Waals surface area contributed by atoms with Crippen molar-refractivity contribution in [1.29, 1.82) is 0 Å². The third-order valence-electron chi connectivity index (χ3n) is 4.51. The van der Waals surface area contributed by atoms with Crippen molar-refractivity contribution in [3.8, 4) is 0 Å². The van der Waals surface area contributed by atoms with E-state index in [0.29, 0.717) is 5.92 Å². The zero-order valence-corrected chi connectivity index (χ0v) is 14.5. The predicted octanol–water partition coefficient (Wildman–Crippen LogP) is 3.82. The molecule has 0 unspecified atom stereocenters. The standard InChI is InChI=1S/C20H23NO2S/c22-14-16-10-12-21(13-11-16)20(23)18-8-6-17(7-9-18)15-24-19-4-2-1-3-5-19/h1-9,16,22H,10-15H2. The maximum absolute atomic E-state index is 12.5. The molecule has 1 heterocycles. The van der Waals surface area contributed by atoms with Crippen molar-refractivity contribution in [2.75, 3.05) is 19.7 Å². The van der Waals surface area contributed by atoms with Crippen molar-refractivity contribution >= 4 is 17.7 Å². The Labute approximate surface area is 147 Å². The van der Waals surface area contributed by atoms with Crippen molar-refractivity contribution in [2.24, 2.45) is 5.92 Å². The summed E-state index contributed by atoms with van der Waals surface area (Å²) in [5, 5.41) is 9.19. The van der Waals surface area contributed by atoms with E-state index in [9.17, 15) is 9.90 Å². The number of carbonyl (C=O) groups excluding carboxylic acids is 1. The molecule has 1 N–H and O–H groups in total. The summed E-state index contributed by atoms with van der Waals surface area (Å²) in [6.45, 7) is 1.72. The molecule has 3 nitrogen and oxygen atoms in total. The molecule has 1 fully saturated rings. The maximum Gasteiger partial charge on any atom is 0.253 e. The topological polar surface area (TPSA) is 40.5 Å². The third-order valence-corrected chi connectivity index (χ3v) is 5.59. The van der Waals surface area contributed by atoms with Gasteiger partial charge in [0, 0.05) is 35.9 Å². The first kappa shape index (κ1) is 17.1. The lowest BCUT2D eigenvalue weighted by Gasteiger charge is -2.31. The minimum atomic E-state index is 0.105. The molecule has 0 saturated carbocycles. The van der Waals surface area contributed by atoms with Gasteiger partial charge in [0.2, 0.25) is 0 Å².